The normalized spacial score (nSPS) is 18.1. The van der Waals surface area contributed by atoms with Crippen molar-refractivity contribution in [3.63, 3.8) is 0 Å². The Morgan fingerprint density at radius 3 is 2.82 bits per heavy atom. The van der Waals surface area contributed by atoms with Crippen molar-refractivity contribution in [3.8, 4) is 0 Å². The lowest BCUT2D eigenvalue weighted by atomic mass is 9.96. The zero-order valence-electron chi connectivity index (χ0n) is 9.69. The lowest BCUT2D eigenvalue weighted by molar-refractivity contribution is 0.442. The Bertz CT molecular complexity index is 399. The van der Waals surface area contributed by atoms with Crippen molar-refractivity contribution >= 4 is 21.8 Å². The molecule has 1 aliphatic rings. The van der Waals surface area contributed by atoms with Crippen molar-refractivity contribution in [3.05, 3.63) is 28.5 Å². The van der Waals surface area contributed by atoms with E-state index in [2.05, 4.69) is 31.3 Å². The van der Waals surface area contributed by atoms with Crippen molar-refractivity contribution in [2.45, 2.75) is 38.1 Å². The maximum atomic E-state index is 5.55. The van der Waals surface area contributed by atoms with Crippen molar-refractivity contribution in [2.75, 3.05) is 0 Å². The molecule has 1 aliphatic carbocycles. The summed E-state index contributed by atoms with van der Waals surface area (Å²) in [5.74, 6) is 6.22. The number of hydrogen-bond donors (Lipinski definition) is 2. The summed E-state index contributed by atoms with van der Waals surface area (Å²) in [5.41, 5.74) is 3.44. The molecule has 0 unspecified atom stereocenters. The summed E-state index contributed by atoms with van der Waals surface area (Å²) in [6.45, 7) is 0. The molecule has 0 saturated heterocycles. The van der Waals surface area contributed by atoms with E-state index in [-0.39, 0.29) is 0 Å². The van der Waals surface area contributed by atoms with Crippen molar-refractivity contribution in [1.29, 1.82) is 0 Å². The lowest BCUT2D eigenvalue weighted by Gasteiger charge is -2.19. The van der Waals surface area contributed by atoms with Gasteiger partial charge in [0.2, 0.25) is 0 Å². The molecule has 5 heteroatoms. The van der Waals surface area contributed by atoms with Gasteiger partial charge in [0.15, 0.2) is 5.84 Å². The number of pyridine rings is 1. The molecule has 92 valence electrons. The van der Waals surface area contributed by atoms with Crippen LogP contribution in [0.1, 0.15) is 37.8 Å². The van der Waals surface area contributed by atoms with Crippen LogP contribution >= 0.6 is 15.9 Å². The first-order valence-electron chi connectivity index (χ1n) is 5.96. The molecule has 0 aliphatic heterocycles. The van der Waals surface area contributed by atoms with Crippen LogP contribution in [-0.4, -0.2) is 16.9 Å². The van der Waals surface area contributed by atoms with Crippen molar-refractivity contribution in [1.82, 2.24) is 10.4 Å². The van der Waals surface area contributed by atoms with Gasteiger partial charge >= 0.3 is 0 Å². The van der Waals surface area contributed by atoms with E-state index in [1.807, 2.05) is 12.1 Å². The van der Waals surface area contributed by atoms with Gasteiger partial charge in [0, 0.05) is 10.7 Å². The van der Waals surface area contributed by atoms with E-state index >= 15 is 0 Å². The predicted octanol–water partition coefficient (Wildman–Crippen LogP) is 2.39. The molecule has 1 fully saturated rings. The number of nitrogens with one attached hydrogen (secondary N) is 1. The van der Waals surface area contributed by atoms with Gasteiger partial charge in [0.1, 0.15) is 5.69 Å². The van der Waals surface area contributed by atoms with Crippen LogP contribution in [0.25, 0.3) is 0 Å². The van der Waals surface area contributed by atoms with Gasteiger partial charge in [-0.05, 0) is 40.9 Å². The first-order valence-corrected chi connectivity index (χ1v) is 6.76. The number of halogens is 1. The number of hydrogen-bond acceptors (Lipinski definition) is 3. The maximum absolute atomic E-state index is 5.55. The average Bonchev–Trinajstić information content (AvgIpc) is 2.38. The Morgan fingerprint density at radius 2 is 2.18 bits per heavy atom. The lowest BCUT2D eigenvalue weighted by Crippen LogP contribution is -2.33. The molecule has 1 saturated carbocycles. The van der Waals surface area contributed by atoms with Crippen LogP contribution < -0.4 is 11.3 Å². The third-order valence-corrected chi connectivity index (χ3v) is 3.65. The van der Waals surface area contributed by atoms with Crippen LogP contribution in [0.15, 0.2) is 27.8 Å². The summed E-state index contributed by atoms with van der Waals surface area (Å²) in [7, 11) is 0. The smallest absolute Gasteiger partial charge is 0.162 e. The molecular weight excluding hydrogens is 280 g/mol. The van der Waals surface area contributed by atoms with Gasteiger partial charge in [-0.15, -0.1) is 0 Å². The molecule has 1 aromatic rings. The zero-order valence-corrected chi connectivity index (χ0v) is 11.3. The van der Waals surface area contributed by atoms with E-state index in [1.54, 1.807) is 6.20 Å². The van der Waals surface area contributed by atoms with Crippen LogP contribution in [0, 0.1) is 0 Å². The van der Waals surface area contributed by atoms with Crippen LogP contribution in [0.2, 0.25) is 0 Å². The second kappa shape index (κ2) is 6.12. The number of nitrogens with two attached hydrogens (primary N) is 1. The maximum Gasteiger partial charge on any atom is 0.162 e. The minimum atomic E-state index is 0.378. The number of aromatic nitrogens is 1. The second-order valence-electron chi connectivity index (χ2n) is 4.25. The Balaban J connectivity index is 2.20. The zero-order chi connectivity index (χ0) is 12.1. The molecule has 0 radical (unpaired) electrons. The Hall–Kier alpha value is -0.940. The minimum Gasteiger partial charge on any atom is -0.307 e. The third-order valence-electron chi connectivity index (χ3n) is 3.01. The quantitative estimate of drug-likeness (QED) is 0.381. The Kier molecular flexibility index (Phi) is 4.50. The Labute approximate surface area is 110 Å². The molecule has 0 atom stereocenters. The average molecular weight is 297 g/mol. The monoisotopic (exact) mass is 296 g/mol. The van der Waals surface area contributed by atoms with Gasteiger partial charge in [-0.25, -0.2) is 5.84 Å². The Morgan fingerprint density at radius 1 is 1.41 bits per heavy atom. The molecule has 3 N–H and O–H groups in total. The molecule has 2 rings (SSSR count). The predicted molar refractivity (Wildman–Crippen MR) is 72.7 cm³/mol. The minimum absolute atomic E-state index is 0.378. The standard InChI is InChI=1S/C12H17BrN4/c13-10-7-4-8-15-11(10)12(17-14)16-9-5-2-1-3-6-9/h4,7-9H,1-3,5-6,14H2,(H,16,17). The van der Waals surface area contributed by atoms with Crippen molar-refractivity contribution in [2.24, 2.45) is 10.8 Å². The highest BCUT2D eigenvalue weighted by Gasteiger charge is 2.15. The van der Waals surface area contributed by atoms with Crippen LogP contribution in [0.3, 0.4) is 0 Å². The van der Waals surface area contributed by atoms with Crippen LogP contribution in [-0.2, 0) is 0 Å². The van der Waals surface area contributed by atoms with Gasteiger partial charge in [0.05, 0.1) is 6.04 Å². The van der Waals surface area contributed by atoms with Gasteiger partial charge in [0.25, 0.3) is 0 Å². The molecule has 1 aromatic heterocycles. The summed E-state index contributed by atoms with van der Waals surface area (Å²) in [5, 5.41) is 0. The molecule has 0 aromatic carbocycles. The molecule has 0 amide bonds. The summed E-state index contributed by atoms with van der Waals surface area (Å²) < 4.78 is 0.910. The second-order valence-corrected chi connectivity index (χ2v) is 5.10. The number of rotatable bonds is 2. The number of aliphatic imine (C=N–C) groups is 1. The van der Waals surface area contributed by atoms with Gasteiger partial charge in [-0.2, -0.15) is 0 Å². The fourth-order valence-corrected chi connectivity index (χ4v) is 2.56. The highest BCUT2D eigenvalue weighted by atomic mass is 79.9. The summed E-state index contributed by atoms with van der Waals surface area (Å²) >= 11 is 3.46. The van der Waals surface area contributed by atoms with Gasteiger partial charge < -0.3 is 5.43 Å². The summed E-state index contributed by atoms with van der Waals surface area (Å²) in [6.07, 6.45) is 7.88. The van der Waals surface area contributed by atoms with E-state index in [4.69, 9.17) is 5.84 Å². The SMILES string of the molecule is NNC(=NC1CCCCC1)c1ncccc1Br. The topological polar surface area (TPSA) is 63.3 Å². The number of amidine groups is 1. The first-order chi connectivity index (χ1) is 8.31. The van der Waals surface area contributed by atoms with Gasteiger partial charge in [-0.1, -0.05) is 19.3 Å². The van der Waals surface area contributed by atoms with Crippen LogP contribution in [0.4, 0.5) is 0 Å². The summed E-state index contributed by atoms with van der Waals surface area (Å²) in [6, 6.07) is 4.20. The largest absolute Gasteiger partial charge is 0.307 e. The first kappa shape index (κ1) is 12.5. The van der Waals surface area contributed by atoms with E-state index in [1.165, 1.54) is 19.3 Å². The molecule has 0 spiro atoms. The van der Waals surface area contributed by atoms with Crippen molar-refractivity contribution < 1.29 is 0 Å². The molecular formula is C12H17BrN4. The summed E-state index contributed by atoms with van der Waals surface area (Å²) in [4.78, 5) is 8.97. The molecule has 4 nitrogen and oxygen atoms in total. The van der Waals surface area contributed by atoms with E-state index in [9.17, 15) is 0 Å². The highest BCUT2D eigenvalue weighted by molar-refractivity contribution is 9.10. The van der Waals surface area contributed by atoms with Crippen LogP contribution in [0.5, 0.6) is 0 Å². The fraction of sp³-hybridized carbons (Fsp3) is 0.500. The van der Waals surface area contributed by atoms with E-state index in [0.29, 0.717) is 11.9 Å². The number of nitrogens with zero attached hydrogens (tertiary/aromatic N) is 2. The van der Waals surface area contributed by atoms with Gasteiger partial charge in [-0.3, -0.25) is 9.98 Å². The van der Waals surface area contributed by atoms with E-state index in [0.717, 1.165) is 23.0 Å². The molecule has 0 bridgehead atoms. The fourth-order valence-electron chi connectivity index (χ4n) is 2.12. The van der Waals surface area contributed by atoms with E-state index < -0.39 is 0 Å². The molecule has 1 heterocycles. The number of hydrazine groups is 1. The highest BCUT2D eigenvalue weighted by Crippen LogP contribution is 2.21. The molecule has 17 heavy (non-hydrogen) atoms. The third kappa shape index (κ3) is 3.26.